The molecule has 1 atom stereocenters. The van der Waals surface area contributed by atoms with Gasteiger partial charge in [-0.3, -0.25) is 0 Å². The second-order valence-corrected chi connectivity index (χ2v) is 5.29. The Hall–Kier alpha value is -1.81. The van der Waals surface area contributed by atoms with Gasteiger partial charge < -0.3 is 5.73 Å². The van der Waals surface area contributed by atoms with E-state index in [-0.39, 0.29) is 6.04 Å². The summed E-state index contributed by atoms with van der Waals surface area (Å²) in [5, 5.41) is 0. The molecule has 21 heavy (non-hydrogen) atoms. The Morgan fingerprint density at radius 1 is 0.952 bits per heavy atom. The molecule has 0 fully saturated rings. The minimum absolute atomic E-state index is 0.108. The van der Waals surface area contributed by atoms with Crippen LogP contribution >= 0.6 is 0 Å². The van der Waals surface area contributed by atoms with Crippen molar-refractivity contribution in [1.29, 1.82) is 0 Å². The van der Waals surface area contributed by atoms with Crippen LogP contribution in [0.4, 0.5) is 13.2 Å². The standard InChI is InChI=1S/C17H18F3N/c1-12-4-2-3-5-14(12)11-16(21)10-13-6-8-15(9-7-13)17(18,19)20/h2-9,16H,10-11,21H2,1H3. The number of alkyl halides is 3. The van der Waals surface area contributed by atoms with Gasteiger partial charge in [0.05, 0.1) is 5.56 Å². The summed E-state index contributed by atoms with van der Waals surface area (Å²) in [4.78, 5) is 0. The van der Waals surface area contributed by atoms with Crippen LogP contribution in [-0.4, -0.2) is 6.04 Å². The Bertz CT molecular complexity index is 588. The van der Waals surface area contributed by atoms with E-state index in [9.17, 15) is 13.2 Å². The normalized spacial score (nSPS) is 13.2. The second kappa shape index (κ2) is 6.31. The largest absolute Gasteiger partial charge is 0.416 e. The predicted octanol–water partition coefficient (Wildman–Crippen LogP) is 4.13. The Balaban J connectivity index is 2.00. The third kappa shape index (κ3) is 4.33. The summed E-state index contributed by atoms with van der Waals surface area (Å²) in [6.45, 7) is 2.03. The van der Waals surface area contributed by atoms with Gasteiger partial charge in [0, 0.05) is 6.04 Å². The molecule has 0 aromatic heterocycles. The number of hydrogen-bond acceptors (Lipinski definition) is 1. The summed E-state index contributed by atoms with van der Waals surface area (Å²) in [5.41, 5.74) is 8.66. The van der Waals surface area contributed by atoms with Crippen molar-refractivity contribution in [2.45, 2.75) is 32.0 Å². The van der Waals surface area contributed by atoms with Crippen molar-refractivity contribution < 1.29 is 13.2 Å². The quantitative estimate of drug-likeness (QED) is 0.901. The lowest BCUT2D eigenvalue weighted by Gasteiger charge is -2.14. The lowest BCUT2D eigenvalue weighted by molar-refractivity contribution is -0.137. The molecule has 0 aliphatic carbocycles. The molecule has 0 saturated carbocycles. The SMILES string of the molecule is Cc1ccccc1CC(N)Cc1ccc(C(F)(F)F)cc1. The molecule has 2 aromatic carbocycles. The van der Waals surface area contributed by atoms with Crippen LogP contribution < -0.4 is 5.73 Å². The molecule has 1 nitrogen and oxygen atoms in total. The average molecular weight is 293 g/mol. The first kappa shape index (κ1) is 15.6. The molecule has 112 valence electrons. The fraction of sp³-hybridized carbons (Fsp3) is 0.294. The average Bonchev–Trinajstić information content (AvgIpc) is 2.41. The number of rotatable bonds is 4. The number of hydrogen-bond donors (Lipinski definition) is 1. The maximum absolute atomic E-state index is 12.5. The van der Waals surface area contributed by atoms with Crippen LogP contribution in [0.15, 0.2) is 48.5 Å². The highest BCUT2D eigenvalue weighted by Gasteiger charge is 2.29. The van der Waals surface area contributed by atoms with Crippen LogP contribution in [-0.2, 0) is 19.0 Å². The lowest BCUT2D eigenvalue weighted by Crippen LogP contribution is -2.25. The number of nitrogens with two attached hydrogens (primary N) is 1. The smallest absolute Gasteiger partial charge is 0.327 e. The number of benzene rings is 2. The van der Waals surface area contributed by atoms with Crippen LogP contribution in [0.2, 0.25) is 0 Å². The molecule has 0 bridgehead atoms. The molecular formula is C17H18F3N. The van der Waals surface area contributed by atoms with E-state index in [1.807, 2.05) is 31.2 Å². The van der Waals surface area contributed by atoms with E-state index < -0.39 is 11.7 Å². The van der Waals surface area contributed by atoms with Gasteiger partial charge in [0.25, 0.3) is 0 Å². The number of halogens is 3. The lowest BCUT2D eigenvalue weighted by atomic mass is 9.96. The maximum Gasteiger partial charge on any atom is 0.416 e. The van der Waals surface area contributed by atoms with Gasteiger partial charge in [-0.25, -0.2) is 0 Å². The minimum Gasteiger partial charge on any atom is -0.327 e. The fourth-order valence-electron chi connectivity index (χ4n) is 2.33. The van der Waals surface area contributed by atoms with Crippen molar-refractivity contribution in [3.05, 3.63) is 70.8 Å². The van der Waals surface area contributed by atoms with Crippen LogP contribution in [0.5, 0.6) is 0 Å². The van der Waals surface area contributed by atoms with Gasteiger partial charge in [-0.15, -0.1) is 0 Å². The number of aryl methyl sites for hydroxylation is 1. The van der Waals surface area contributed by atoms with Gasteiger partial charge in [-0.05, 0) is 48.6 Å². The molecule has 1 unspecified atom stereocenters. The minimum atomic E-state index is -4.29. The monoisotopic (exact) mass is 293 g/mol. The first-order valence-corrected chi connectivity index (χ1v) is 6.82. The summed E-state index contributed by atoms with van der Waals surface area (Å²) < 4.78 is 37.5. The van der Waals surface area contributed by atoms with Crippen LogP contribution in [0, 0.1) is 6.92 Å². The van der Waals surface area contributed by atoms with E-state index >= 15 is 0 Å². The zero-order chi connectivity index (χ0) is 15.5. The van der Waals surface area contributed by atoms with Crippen molar-refractivity contribution in [3.63, 3.8) is 0 Å². The van der Waals surface area contributed by atoms with Crippen molar-refractivity contribution in [3.8, 4) is 0 Å². The van der Waals surface area contributed by atoms with Crippen LogP contribution in [0.25, 0.3) is 0 Å². The highest BCUT2D eigenvalue weighted by atomic mass is 19.4. The Morgan fingerprint density at radius 3 is 2.14 bits per heavy atom. The fourth-order valence-corrected chi connectivity index (χ4v) is 2.33. The third-order valence-corrected chi connectivity index (χ3v) is 3.52. The van der Waals surface area contributed by atoms with Gasteiger partial charge in [0.1, 0.15) is 0 Å². The molecule has 2 rings (SSSR count). The van der Waals surface area contributed by atoms with E-state index in [2.05, 4.69) is 0 Å². The van der Waals surface area contributed by atoms with E-state index in [4.69, 9.17) is 5.73 Å². The molecule has 4 heteroatoms. The first-order valence-electron chi connectivity index (χ1n) is 6.82. The van der Waals surface area contributed by atoms with E-state index in [0.717, 1.165) is 17.7 Å². The molecule has 2 aromatic rings. The Kier molecular flexibility index (Phi) is 4.68. The van der Waals surface area contributed by atoms with Gasteiger partial charge in [0.15, 0.2) is 0 Å². The molecule has 0 radical (unpaired) electrons. The molecule has 0 amide bonds. The molecule has 0 saturated heterocycles. The molecule has 0 heterocycles. The highest BCUT2D eigenvalue weighted by molar-refractivity contribution is 5.28. The summed E-state index contributed by atoms with van der Waals surface area (Å²) in [5.74, 6) is 0. The third-order valence-electron chi connectivity index (χ3n) is 3.52. The predicted molar refractivity (Wildman–Crippen MR) is 78.0 cm³/mol. The van der Waals surface area contributed by atoms with E-state index in [0.29, 0.717) is 12.8 Å². The second-order valence-electron chi connectivity index (χ2n) is 5.29. The van der Waals surface area contributed by atoms with Gasteiger partial charge >= 0.3 is 6.18 Å². The zero-order valence-corrected chi connectivity index (χ0v) is 11.8. The Morgan fingerprint density at radius 2 is 1.57 bits per heavy atom. The summed E-state index contributed by atoms with van der Waals surface area (Å²) in [7, 11) is 0. The topological polar surface area (TPSA) is 26.0 Å². The van der Waals surface area contributed by atoms with Crippen molar-refractivity contribution in [2.24, 2.45) is 5.73 Å². The summed E-state index contributed by atoms with van der Waals surface area (Å²) in [6.07, 6.45) is -3.01. The van der Waals surface area contributed by atoms with Crippen LogP contribution in [0.1, 0.15) is 22.3 Å². The Labute approximate surface area is 122 Å². The molecule has 0 spiro atoms. The molecule has 2 N–H and O–H groups in total. The van der Waals surface area contributed by atoms with Gasteiger partial charge in [-0.1, -0.05) is 36.4 Å². The maximum atomic E-state index is 12.5. The van der Waals surface area contributed by atoms with Gasteiger partial charge in [-0.2, -0.15) is 13.2 Å². The first-order chi connectivity index (χ1) is 9.86. The van der Waals surface area contributed by atoms with E-state index in [1.165, 1.54) is 23.3 Å². The van der Waals surface area contributed by atoms with Crippen molar-refractivity contribution >= 4 is 0 Å². The van der Waals surface area contributed by atoms with Crippen molar-refractivity contribution in [2.75, 3.05) is 0 Å². The van der Waals surface area contributed by atoms with Crippen LogP contribution in [0.3, 0.4) is 0 Å². The zero-order valence-electron chi connectivity index (χ0n) is 11.8. The summed E-state index contributed by atoms with van der Waals surface area (Å²) >= 11 is 0. The van der Waals surface area contributed by atoms with Gasteiger partial charge in [0.2, 0.25) is 0 Å². The van der Waals surface area contributed by atoms with Crippen molar-refractivity contribution in [1.82, 2.24) is 0 Å². The molecule has 0 aliphatic heterocycles. The molecule has 0 aliphatic rings. The summed E-state index contributed by atoms with van der Waals surface area (Å²) in [6, 6.07) is 13.1. The van der Waals surface area contributed by atoms with E-state index in [1.54, 1.807) is 0 Å². The highest BCUT2D eigenvalue weighted by Crippen LogP contribution is 2.29. The molecular weight excluding hydrogens is 275 g/mol.